The molecule has 1 amide bonds. The van der Waals surface area contributed by atoms with Crippen LogP contribution in [-0.2, 0) is 22.5 Å². The smallest absolute Gasteiger partial charge is 0.411 e. The number of carbonyl (C=O) groups is 2. The van der Waals surface area contributed by atoms with Crippen LogP contribution in [-0.4, -0.2) is 28.6 Å². The van der Waals surface area contributed by atoms with E-state index in [-0.39, 0.29) is 13.0 Å². The van der Waals surface area contributed by atoms with Gasteiger partial charge in [0.25, 0.3) is 0 Å². The van der Waals surface area contributed by atoms with Crippen LogP contribution < -0.4 is 5.11 Å². The molecule has 1 heterocycles. The van der Waals surface area contributed by atoms with E-state index in [1.165, 1.54) is 4.90 Å². The third-order valence-corrected chi connectivity index (χ3v) is 3.97. The van der Waals surface area contributed by atoms with Crippen molar-refractivity contribution in [2.45, 2.75) is 51.8 Å². The summed E-state index contributed by atoms with van der Waals surface area (Å²) < 4.78 is 5.42. The van der Waals surface area contributed by atoms with Gasteiger partial charge in [-0.15, -0.1) is 0 Å². The summed E-state index contributed by atoms with van der Waals surface area (Å²) in [6.07, 6.45) is 0.296. The summed E-state index contributed by atoms with van der Waals surface area (Å²) in [4.78, 5) is 24.9. The van der Waals surface area contributed by atoms with Gasteiger partial charge in [0.1, 0.15) is 5.60 Å². The molecule has 1 aromatic carbocycles. The number of carbonyl (C=O) groups excluding carboxylic acids is 2. The van der Waals surface area contributed by atoms with Crippen molar-refractivity contribution in [2.75, 3.05) is 0 Å². The molecule has 1 aliphatic rings. The number of ether oxygens (including phenoxy) is 1. The van der Waals surface area contributed by atoms with E-state index in [0.29, 0.717) is 6.42 Å². The fourth-order valence-corrected chi connectivity index (χ4v) is 2.29. The molecule has 0 radical (unpaired) electrons. The number of hydrogen-bond donors (Lipinski definition) is 0. The van der Waals surface area contributed by atoms with Crippen LogP contribution in [0.15, 0.2) is 24.3 Å². The Morgan fingerprint density at radius 1 is 1.33 bits per heavy atom. The van der Waals surface area contributed by atoms with Crippen molar-refractivity contribution in [3.63, 3.8) is 0 Å². The number of carboxylic acid groups (broad SMARTS) is 1. The van der Waals surface area contributed by atoms with Crippen molar-refractivity contribution in [1.29, 1.82) is 0 Å². The standard InChI is InChI=1S/C16H21NO4/c1-4-16(2,3)21-15(20)17-10-12-8-6-5-7-11(12)9-13(17)14(18)19/h5-8,13H,4,9-10H2,1-3H3,(H,18,19)/p-1. The van der Waals surface area contributed by atoms with Crippen molar-refractivity contribution < 1.29 is 19.4 Å². The molecule has 2 rings (SSSR count). The number of amides is 1. The maximum atomic E-state index is 12.3. The normalized spacial score (nSPS) is 18.0. The minimum Gasteiger partial charge on any atom is -0.548 e. The van der Waals surface area contributed by atoms with E-state index >= 15 is 0 Å². The summed E-state index contributed by atoms with van der Waals surface area (Å²) in [5.74, 6) is -1.25. The van der Waals surface area contributed by atoms with Crippen molar-refractivity contribution in [3.8, 4) is 0 Å². The molecule has 5 heteroatoms. The van der Waals surface area contributed by atoms with Gasteiger partial charge >= 0.3 is 6.09 Å². The van der Waals surface area contributed by atoms with Gasteiger partial charge in [-0.25, -0.2) is 4.79 Å². The second-order valence-electron chi connectivity index (χ2n) is 5.92. The van der Waals surface area contributed by atoms with Gasteiger partial charge in [0.2, 0.25) is 0 Å². The van der Waals surface area contributed by atoms with Crippen LogP contribution in [0.5, 0.6) is 0 Å². The van der Waals surface area contributed by atoms with Crippen LogP contribution in [0.25, 0.3) is 0 Å². The van der Waals surface area contributed by atoms with Gasteiger partial charge in [-0.05, 0) is 37.8 Å². The highest BCUT2D eigenvalue weighted by molar-refractivity contribution is 5.80. The zero-order valence-corrected chi connectivity index (χ0v) is 12.6. The van der Waals surface area contributed by atoms with E-state index in [4.69, 9.17) is 4.74 Å². The van der Waals surface area contributed by atoms with Crippen LogP contribution in [0, 0.1) is 0 Å². The number of carboxylic acids is 1. The molecule has 21 heavy (non-hydrogen) atoms. The lowest BCUT2D eigenvalue weighted by atomic mass is 9.94. The summed E-state index contributed by atoms with van der Waals surface area (Å²) in [6.45, 7) is 5.75. The van der Waals surface area contributed by atoms with E-state index in [9.17, 15) is 14.7 Å². The summed E-state index contributed by atoms with van der Waals surface area (Å²) in [7, 11) is 0. The Labute approximate surface area is 124 Å². The molecular weight excluding hydrogens is 270 g/mol. The van der Waals surface area contributed by atoms with Crippen LogP contribution in [0.4, 0.5) is 4.79 Å². The molecule has 0 N–H and O–H groups in total. The predicted octanol–water partition coefficient (Wildman–Crippen LogP) is 1.49. The van der Waals surface area contributed by atoms with Gasteiger partial charge < -0.3 is 14.6 Å². The Kier molecular flexibility index (Phi) is 4.21. The van der Waals surface area contributed by atoms with Crippen LogP contribution in [0.3, 0.4) is 0 Å². The number of rotatable bonds is 3. The molecule has 0 aliphatic carbocycles. The highest BCUT2D eigenvalue weighted by Gasteiger charge is 2.34. The fourth-order valence-electron chi connectivity index (χ4n) is 2.29. The minimum atomic E-state index is -1.25. The SMILES string of the molecule is CCC(C)(C)OC(=O)N1Cc2ccccc2CC1C(=O)[O-]. The summed E-state index contributed by atoms with van der Waals surface area (Å²) in [6, 6.07) is 6.52. The Morgan fingerprint density at radius 2 is 1.95 bits per heavy atom. The van der Waals surface area contributed by atoms with Crippen molar-refractivity contribution in [1.82, 2.24) is 4.90 Å². The molecule has 1 unspecified atom stereocenters. The van der Waals surface area contributed by atoms with Crippen molar-refractivity contribution in [2.24, 2.45) is 0 Å². The molecule has 0 saturated carbocycles. The van der Waals surface area contributed by atoms with Gasteiger partial charge in [0, 0.05) is 6.54 Å². The van der Waals surface area contributed by atoms with Crippen molar-refractivity contribution >= 4 is 12.1 Å². The lowest BCUT2D eigenvalue weighted by Gasteiger charge is -2.38. The second-order valence-corrected chi connectivity index (χ2v) is 5.92. The molecule has 0 spiro atoms. The first kappa shape index (κ1) is 15.4. The first-order valence-corrected chi connectivity index (χ1v) is 7.11. The first-order chi connectivity index (χ1) is 9.84. The number of fused-ring (bicyclic) bond motifs is 1. The van der Waals surface area contributed by atoms with Gasteiger partial charge in [0.15, 0.2) is 0 Å². The lowest BCUT2D eigenvalue weighted by Crippen LogP contribution is -2.54. The minimum absolute atomic E-state index is 0.230. The van der Waals surface area contributed by atoms with Gasteiger partial charge in [-0.1, -0.05) is 31.2 Å². The van der Waals surface area contributed by atoms with E-state index in [1.54, 1.807) is 13.8 Å². The zero-order valence-electron chi connectivity index (χ0n) is 12.6. The quantitative estimate of drug-likeness (QED) is 0.845. The topological polar surface area (TPSA) is 69.7 Å². The van der Waals surface area contributed by atoms with E-state index in [2.05, 4.69) is 0 Å². The number of nitrogens with zero attached hydrogens (tertiary/aromatic N) is 1. The maximum absolute atomic E-state index is 12.3. The maximum Gasteiger partial charge on any atom is 0.411 e. The molecule has 114 valence electrons. The molecule has 5 nitrogen and oxygen atoms in total. The predicted molar refractivity (Wildman–Crippen MR) is 75.3 cm³/mol. The summed E-state index contributed by atoms with van der Waals surface area (Å²) >= 11 is 0. The summed E-state index contributed by atoms with van der Waals surface area (Å²) in [5, 5.41) is 11.4. The fraction of sp³-hybridized carbons (Fsp3) is 0.500. The van der Waals surface area contributed by atoms with E-state index < -0.39 is 23.7 Å². The largest absolute Gasteiger partial charge is 0.548 e. The van der Waals surface area contributed by atoms with Crippen LogP contribution in [0.1, 0.15) is 38.3 Å². The number of aliphatic carboxylic acids is 1. The number of benzene rings is 1. The second kappa shape index (κ2) is 5.76. The number of hydrogen-bond acceptors (Lipinski definition) is 4. The Balaban J connectivity index is 2.24. The third kappa shape index (κ3) is 3.35. The lowest BCUT2D eigenvalue weighted by molar-refractivity contribution is -0.311. The first-order valence-electron chi connectivity index (χ1n) is 7.11. The average Bonchev–Trinajstić information content (AvgIpc) is 2.45. The zero-order chi connectivity index (χ0) is 15.6. The van der Waals surface area contributed by atoms with E-state index in [0.717, 1.165) is 11.1 Å². The molecule has 1 atom stereocenters. The molecule has 0 bridgehead atoms. The molecule has 0 aromatic heterocycles. The Morgan fingerprint density at radius 3 is 2.52 bits per heavy atom. The molecule has 1 aromatic rings. The Bertz CT molecular complexity index is 553. The molecule has 1 aliphatic heterocycles. The molecule has 0 saturated heterocycles. The van der Waals surface area contributed by atoms with Gasteiger partial charge in [-0.2, -0.15) is 0 Å². The molecular formula is C16H20NO4-. The summed E-state index contributed by atoms with van der Waals surface area (Å²) in [5.41, 5.74) is 1.26. The Hall–Kier alpha value is -2.04. The van der Waals surface area contributed by atoms with E-state index in [1.807, 2.05) is 31.2 Å². The highest BCUT2D eigenvalue weighted by atomic mass is 16.6. The van der Waals surface area contributed by atoms with Gasteiger partial charge in [-0.3, -0.25) is 4.90 Å². The van der Waals surface area contributed by atoms with Crippen molar-refractivity contribution in [3.05, 3.63) is 35.4 Å². The highest BCUT2D eigenvalue weighted by Crippen LogP contribution is 2.25. The molecule has 0 fully saturated rings. The third-order valence-electron chi connectivity index (χ3n) is 3.97. The average molecular weight is 290 g/mol. The van der Waals surface area contributed by atoms with Crippen LogP contribution in [0.2, 0.25) is 0 Å². The van der Waals surface area contributed by atoms with Gasteiger partial charge in [0.05, 0.1) is 12.0 Å². The van der Waals surface area contributed by atoms with Crippen LogP contribution >= 0.6 is 0 Å². The monoisotopic (exact) mass is 290 g/mol.